The molecule has 0 aromatic heterocycles. The van der Waals surface area contributed by atoms with Crippen molar-refractivity contribution in [1.29, 1.82) is 0 Å². The van der Waals surface area contributed by atoms with Crippen LogP contribution >= 0.6 is 0 Å². The SMILES string of the molecule is CC1CN(C(C)c2ccc(O)cc2)CC1C. The third-order valence-electron chi connectivity index (χ3n) is 3.94. The molecular formula is C14H21NO. The zero-order chi connectivity index (χ0) is 11.7. The number of nitrogens with zero attached hydrogens (tertiary/aromatic N) is 1. The van der Waals surface area contributed by atoms with Gasteiger partial charge in [0, 0.05) is 19.1 Å². The van der Waals surface area contributed by atoms with Crippen molar-refractivity contribution in [2.45, 2.75) is 26.8 Å². The minimum atomic E-state index is 0.346. The van der Waals surface area contributed by atoms with Crippen LogP contribution < -0.4 is 0 Å². The molecule has 0 amide bonds. The Hall–Kier alpha value is -1.02. The van der Waals surface area contributed by atoms with Crippen molar-refractivity contribution < 1.29 is 5.11 Å². The molecule has 3 unspecified atom stereocenters. The van der Waals surface area contributed by atoms with Gasteiger partial charge in [-0.2, -0.15) is 0 Å². The summed E-state index contributed by atoms with van der Waals surface area (Å²) in [5, 5.41) is 9.27. The molecule has 88 valence electrons. The average Bonchev–Trinajstić information content (AvgIpc) is 2.59. The van der Waals surface area contributed by atoms with Gasteiger partial charge in [0.1, 0.15) is 5.75 Å². The highest BCUT2D eigenvalue weighted by molar-refractivity contribution is 5.27. The Morgan fingerprint density at radius 2 is 1.62 bits per heavy atom. The first-order valence-corrected chi connectivity index (χ1v) is 6.11. The van der Waals surface area contributed by atoms with Crippen LogP contribution in [0.4, 0.5) is 0 Å². The van der Waals surface area contributed by atoms with Gasteiger partial charge in [-0.25, -0.2) is 0 Å². The van der Waals surface area contributed by atoms with E-state index in [1.165, 1.54) is 18.7 Å². The van der Waals surface area contributed by atoms with Gasteiger partial charge >= 0.3 is 0 Å². The Morgan fingerprint density at radius 1 is 1.12 bits per heavy atom. The molecule has 2 nitrogen and oxygen atoms in total. The Morgan fingerprint density at radius 3 is 2.12 bits per heavy atom. The minimum absolute atomic E-state index is 0.346. The van der Waals surface area contributed by atoms with E-state index in [-0.39, 0.29) is 0 Å². The van der Waals surface area contributed by atoms with Crippen molar-refractivity contribution in [3.05, 3.63) is 29.8 Å². The lowest BCUT2D eigenvalue weighted by molar-refractivity contribution is 0.251. The van der Waals surface area contributed by atoms with Crippen LogP contribution in [0.3, 0.4) is 0 Å². The molecular weight excluding hydrogens is 198 g/mol. The van der Waals surface area contributed by atoms with Gasteiger partial charge in [0.2, 0.25) is 0 Å². The Balaban J connectivity index is 2.08. The number of hydrogen-bond donors (Lipinski definition) is 1. The van der Waals surface area contributed by atoms with Crippen molar-refractivity contribution in [3.8, 4) is 5.75 Å². The van der Waals surface area contributed by atoms with Crippen molar-refractivity contribution >= 4 is 0 Å². The lowest BCUT2D eigenvalue weighted by atomic mass is 10.0. The van der Waals surface area contributed by atoms with Crippen LogP contribution in [0.5, 0.6) is 5.75 Å². The van der Waals surface area contributed by atoms with Crippen LogP contribution in [0.15, 0.2) is 24.3 Å². The second-order valence-corrected chi connectivity index (χ2v) is 5.18. The second kappa shape index (κ2) is 4.46. The van der Waals surface area contributed by atoms with Crippen LogP contribution in [-0.2, 0) is 0 Å². The molecule has 1 heterocycles. The van der Waals surface area contributed by atoms with Crippen LogP contribution in [-0.4, -0.2) is 23.1 Å². The van der Waals surface area contributed by atoms with E-state index in [9.17, 15) is 5.11 Å². The first-order valence-electron chi connectivity index (χ1n) is 6.11. The van der Waals surface area contributed by atoms with Gasteiger partial charge in [0.25, 0.3) is 0 Å². The largest absolute Gasteiger partial charge is 0.508 e. The van der Waals surface area contributed by atoms with E-state index >= 15 is 0 Å². The highest BCUT2D eigenvalue weighted by Gasteiger charge is 2.29. The maximum atomic E-state index is 9.27. The van der Waals surface area contributed by atoms with E-state index in [0.29, 0.717) is 11.8 Å². The maximum Gasteiger partial charge on any atom is 0.115 e. The van der Waals surface area contributed by atoms with Crippen molar-refractivity contribution in [1.82, 2.24) is 4.90 Å². The molecule has 16 heavy (non-hydrogen) atoms. The summed E-state index contributed by atoms with van der Waals surface area (Å²) in [6.45, 7) is 9.27. The average molecular weight is 219 g/mol. The Labute approximate surface area is 97.9 Å². The standard InChI is InChI=1S/C14H21NO/c1-10-8-15(9-11(10)2)12(3)13-4-6-14(16)7-5-13/h4-7,10-12,16H,8-9H2,1-3H3. The molecule has 1 saturated heterocycles. The maximum absolute atomic E-state index is 9.27. The van der Waals surface area contributed by atoms with Gasteiger partial charge in [0.15, 0.2) is 0 Å². The predicted octanol–water partition coefficient (Wildman–Crippen LogP) is 3.04. The molecule has 1 aromatic carbocycles. The lowest BCUT2D eigenvalue weighted by Gasteiger charge is -2.24. The summed E-state index contributed by atoms with van der Waals surface area (Å²) in [7, 11) is 0. The normalized spacial score (nSPS) is 28.2. The van der Waals surface area contributed by atoms with Gasteiger partial charge in [-0.3, -0.25) is 4.90 Å². The quantitative estimate of drug-likeness (QED) is 0.826. The fourth-order valence-electron chi connectivity index (χ4n) is 2.45. The van der Waals surface area contributed by atoms with E-state index in [4.69, 9.17) is 0 Å². The fraction of sp³-hybridized carbons (Fsp3) is 0.571. The van der Waals surface area contributed by atoms with E-state index < -0.39 is 0 Å². The molecule has 2 heteroatoms. The molecule has 1 aromatic rings. The van der Waals surface area contributed by atoms with Gasteiger partial charge in [-0.05, 0) is 36.5 Å². The summed E-state index contributed by atoms with van der Waals surface area (Å²) in [6.07, 6.45) is 0. The third kappa shape index (κ3) is 2.22. The molecule has 2 rings (SSSR count). The summed E-state index contributed by atoms with van der Waals surface area (Å²) < 4.78 is 0. The predicted molar refractivity (Wildman–Crippen MR) is 66.4 cm³/mol. The summed E-state index contributed by atoms with van der Waals surface area (Å²) >= 11 is 0. The number of hydrogen-bond acceptors (Lipinski definition) is 2. The molecule has 0 aliphatic carbocycles. The Kier molecular flexibility index (Phi) is 3.20. The highest BCUT2D eigenvalue weighted by Crippen LogP contribution is 2.30. The zero-order valence-electron chi connectivity index (χ0n) is 10.4. The Bertz CT molecular complexity index is 336. The smallest absolute Gasteiger partial charge is 0.115 e. The van der Waals surface area contributed by atoms with E-state index in [2.05, 4.69) is 25.7 Å². The summed E-state index contributed by atoms with van der Waals surface area (Å²) in [5.41, 5.74) is 1.29. The van der Waals surface area contributed by atoms with Crippen LogP contribution in [0.25, 0.3) is 0 Å². The summed E-state index contributed by atoms with van der Waals surface area (Å²) in [6, 6.07) is 8.04. The molecule has 3 atom stereocenters. The lowest BCUT2D eigenvalue weighted by Crippen LogP contribution is -2.24. The molecule has 0 radical (unpaired) electrons. The number of phenolic OH excluding ortho intramolecular Hbond substituents is 1. The van der Waals surface area contributed by atoms with Crippen LogP contribution in [0, 0.1) is 11.8 Å². The first-order chi connectivity index (χ1) is 7.58. The van der Waals surface area contributed by atoms with E-state index in [1.807, 2.05) is 12.1 Å². The summed E-state index contributed by atoms with van der Waals surface area (Å²) in [5.74, 6) is 1.93. The third-order valence-corrected chi connectivity index (χ3v) is 3.94. The van der Waals surface area contributed by atoms with Crippen molar-refractivity contribution in [2.75, 3.05) is 13.1 Å². The topological polar surface area (TPSA) is 23.5 Å². The van der Waals surface area contributed by atoms with Gasteiger partial charge < -0.3 is 5.11 Å². The molecule has 1 aliphatic rings. The second-order valence-electron chi connectivity index (χ2n) is 5.18. The van der Waals surface area contributed by atoms with E-state index in [0.717, 1.165) is 11.8 Å². The fourth-order valence-corrected chi connectivity index (χ4v) is 2.45. The number of aromatic hydroxyl groups is 1. The number of benzene rings is 1. The monoisotopic (exact) mass is 219 g/mol. The van der Waals surface area contributed by atoms with Gasteiger partial charge in [0.05, 0.1) is 0 Å². The van der Waals surface area contributed by atoms with Crippen LogP contribution in [0.1, 0.15) is 32.4 Å². The van der Waals surface area contributed by atoms with Crippen molar-refractivity contribution in [3.63, 3.8) is 0 Å². The highest BCUT2D eigenvalue weighted by atomic mass is 16.3. The van der Waals surface area contributed by atoms with Crippen molar-refractivity contribution in [2.24, 2.45) is 11.8 Å². The van der Waals surface area contributed by atoms with Gasteiger partial charge in [-0.1, -0.05) is 26.0 Å². The number of likely N-dealkylation sites (tertiary alicyclic amines) is 1. The molecule has 1 aliphatic heterocycles. The van der Waals surface area contributed by atoms with Gasteiger partial charge in [-0.15, -0.1) is 0 Å². The summed E-state index contributed by atoms with van der Waals surface area (Å²) in [4.78, 5) is 2.53. The molecule has 1 fully saturated rings. The number of rotatable bonds is 2. The molecule has 1 N–H and O–H groups in total. The van der Waals surface area contributed by atoms with E-state index in [1.54, 1.807) is 12.1 Å². The minimum Gasteiger partial charge on any atom is -0.508 e. The number of phenols is 1. The zero-order valence-corrected chi connectivity index (χ0v) is 10.4. The molecule has 0 saturated carbocycles. The molecule has 0 bridgehead atoms. The first kappa shape index (κ1) is 11.5. The van der Waals surface area contributed by atoms with Crippen LogP contribution in [0.2, 0.25) is 0 Å². The molecule has 0 spiro atoms.